The highest BCUT2D eigenvalue weighted by molar-refractivity contribution is 6.33. The van der Waals surface area contributed by atoms with Crippen LogP contribution in [0.2, 0.25) is 5.02 Å². The number of ether oxygens (including phenoxy) is 1. The Morgan fingerprint density at radius 2 is 2.00 bits per heavy atom. The van der Waals surface area contributed by atoms with Crippen molar-refractivity contribution >= 4 is 17.3 Å². The average Bonchev–Trinajstić information content (AvgIpc) is 3.06. The molecule has 0 saturated carbocycles. The van der Waals surface area contributed by atoms with Crippen molar-refractivity contribution in [3.05, 3.63) is 70.8 Å². The predicted molar refractivity (Wildman–Crippen MR) is 95.4 cm³/mol. The van der Waals surface area contributed by atoms with E-state index in [1.54, 1.807) is 0 Å². The minimum Gasteiger partial charge on any atom is -0.494 e. The number of allylic oxidation sites excluding steroid dienone is 2. The van der Waals surface area contributed by atoms with Gasteiger partial charge in [-0.1, -0.05) is 48.0 Å². The van der Waals surface area contributed by atoms with E-state index in [0.29, 0.717) is 18.4 Å². The molecule has 0 fully saturated rings. The van der Waals surface area contributed by atoms with Gasteiger partial charge < -0.3 is 10.1 Å². The van der Waals surface area contributed by atoms with Crippen LogP contribution in [-0.4, -0.2) is 6.61 Å². The number of para-hydroxylation sites is 1. The second-order valence-corrected chi connectivity index (χ2v) is 6.59. The van der Waals surface area contributed by atoms with E-state index in [4.69, 9.17) is 16.3 Å². The normalized spacial score (nSPS) is 24.7. The van der Waals surface area contributed by atoms with E-state index in [1.165, 1.54) is 11.1 Å². The largest absolute Gasteiger partial charge is 0.494 e. The lowest BCUT2D eigenvalue weighted by atomic mass is 9.77. The Labute approximate surface area is 142 Å². The van der Waals surface area contributed by atoms with Crippen molar-refractivity contribution in [2.75, 3.05) is 11.9 Å². The van der Waals surface area contributed by atoms with Gasteiger partial charge in [0.15, 0.2) is 0 Å². The van der Waals surface area contributed by atoms with Gasteiger partial charge in [-0.15, -0.1) is 0 Å². The van der Waals surface area contributed by atoms with Gasteiger partial charge in [0, 0.05) is 5.92 Å². The standard InChI is InChI=1S/C20H20ClNO/c1-2-23-14-11-9-13(10-12-14)19-16-6-3-5-15(16)17-7-4-8-18(21)20(17)22-19/h3-5,7-12,15-16,19,22H,2,6H2,1H3. The summed E-state index contributed by atoms with van der Waals surface area (Å²) in [6.07, 6.45) is 5.73. The molecule has 1 heterocycles. The number of hydrogen-bond donors (Lipinski definition) is 1. The topological polar surface area (TPSA) is 21.3 Å². The van der Waals surface area contributed by atoms with Gasteiger partial charge in [0.05, 0.1) is 23.4 Å². The third-order valence-electron chi connectivity index (χ3n) is 4.90. The van der Waals surface area contributed by atoms with Crippen LogP contribution in [-0.2, 0) is 0 Å². The van der Waals surface area contributed by atoms with Crippen molar-refractivity contribution in [1.29, 1.82) is 0 Å². The monoisotopic (exact) mass is 325 g/mol. The summed E-state index contributed by atoms with van der Waals surface area (Å²) in [4.78, 5) is 0. The van der Waals surface area contributed by atoms with Crippen LogP contribution in [0.1, 0.15) is 36.4 Å². The van der Waals surface area contributed by atoms with Crippen LogP contribution in [0, 0.1) is 5.92 Å². The second kappa shape index (κ2) is 5.93. The number of halogens is 1. The van der Waals surface area contributed by atoms with E-state index >= 15 is 0 Å². The molecule has 2 aromatic carbocycles. The minimum atomic E-state index is 0.276. The predicted octanol–water partition coefficient (Wildman–Crippen LogP) is 5.57. The van der Waals surface area contributed by atoms with E-state index in [-0.39, 0.29) is 6.04 Å². The van der Waals surface area contributed by atoms with E-state index in [1.807, 2.05) is 19.1 Å². The molecule has 3 unspecified atom stereocenters. The molecule has 2 aliphatic rings. The highest BCUT2D eigenvalue weighted by atomic mass is 35.5. The van der Waals surface area contributed by atoms with Gasteiger partial charge in [0.25, 0.3) is 0 Å². The van der Waals surface area contributed by atoms with Crippen LogP contribution in [0.25, 0.3) is 0 Å². The van der Waals surface area contributed by atoms with E-state index in [0.717, 1.165) is 22.9 Å². The van der Waals surface area contributed by atoms with E-state index in [2.05, 4.69) is 47.8 Å². The molecule has 0 aromatic heterocycles. The molecule has 3 heteroatoms. The molecular weight excluding hydrogens is 306 g/mol. The number of rotatable bonds is 3. The third kappa shape index (κ3) is 2.51. The number of nitrogens with one attached hydrogen (secondary N) is 1. The fourth-order valence-electron chi connectivity index (χ4n) is 3.85. The molecule has 1 aliphatic carbocycles. The lowest BCUT2D eigenvalue weighted by Gasteiger charge is -2.38. The number of anilines is 1. The van der Waals surface area contributed by atoms with Crippen molar-refractivity contribution in [2.24, 2.45) is 5.92 Å². The van der Waals surface area contributed by atoms with Crippen LogP contribution in [0.3, 0.4) is 0 Å². The summed E-state index contributed by atoms with van der Waals surface area (Å²) in [6.45, 7) is 2.70. The molecule has 2 aromatic rings. The summed E-state index contributed by atoms with van der Waals surface area (Å²) in [5.74, 6) is 1.91. The highest BCUT2D eigenvalue weighted by Crippen LogP contribution is 2.51. The Bertz CT molecular complexity index is 738. The molecular formula is C20H20ClNO. The van der Waals surface area contributed by atoms with Crippen molar-refractivity contribution in [3.63, 3.8) is 0 Å². The zero-order chi connectivity index (χ0) is 15.8. The summed E-state index contributed by atoms with van der Waals surface area (Å²) >= 11 is 6.45. The van der Waals surface area contributed by atoms with E-state index < -0.39 is 0 Å². The molecule has 2 nitrogen and oxygen atoms in total. The van der Waals surface area contributed by atoms with Gasteiger partial charge in [0.2, 0.25) is 0 Å². The molecule has 0 bridgehead atoms. The van der Waals surface area contributed by atoms with Crippen LogP contribution >= 0.6 is 11.6 Å². The maximum Gasteiger partial charge on any atom is 0.119 e. The van der Waals surface area contributed by atoms with Gasteiger partial charge in [-0.2, -0.15) is 0 Å². The number of fused-ring (bicyclic) bond motifs is 3. The Morgan fingerprint density at radius 3 is 2.78 bits per heavy atom. The summed E-state index contributed by atoms with van der Waals surface area (Å²) in [5, 5.41) is 4.49. The molecule has 23 heavy (non-hydrogen) atoms. The number of hydrogen-bond acceptors (Lipinski definition) is 2. The first-order valence-corrected chi connectivity index (χ1v) is 8.60. The Kier molecular flexibility index (Phi) is 3.78. The summed E-state index contributed by atoms with van der Waals surface area (Å²) in [7, 11) is 0. The van der Waals surface area contributed by atoms with Crippen molar-refractivity contribution < 1.29 is 4.74 Å². The molecule has 0 spiro atoms. The average molecular weight is 326 g/mol. The molecule has 3 atom stereocenters. The fourth-order valence-corrected chi connectivity index (χ4v) is 4.09. The zero-order valence-electron chi connectivity index (χ0n) is 13.1. The SMILES string of the molecule is CCOc1ccc(C2Nc3c(Cl)cccc3C3C=CCC32)cc1. The quantitative estimate of drug-likeness (QED) is 0.745. The minimum absolute atomic E-state index is 0.276. The lowest BCUT2D eigenvalue weighted by molar-refractivity contribution is 0.340. The maximum absolute atomic E-state index is 6.45. The third-order valence-corrected chi connectivity index (χ3v) is 5.21. The molecule has 118 valence electrons. The van der Waals surface area contributed by atoms with Gasteiger partial charge in [-0.25, -0.2) is 0 Å². The lowest BCUT2D eigenvalue weighted by Crippen LogP contribution is -2.29. The van der Waals surface area contributed by atoms with Gasteiger partial charge in [0.1, 0.15) is 5.75 Å². The fraction of sp³-hybridized carbons (Fsp3) is 0.300. The summed E-state index contributed by atoms with van der Waals surface area (Å²) in [6, 6.07) is 14.9. The van der Waals surface area contributed by atoms with Gasteiger partial charge >= 0.3 is 0 Å². The number of benzene rings is 2. The summed E-state index contributed by atoms with van der Waals surface area (Å²) in [5.41, 5.74) is 3.69. The molecule has 1 aliphatic heterocycles. The highest BCUT2D eigenvalue weighted by Gasteiger charge is 2.38. The first-order valence-electron chi connectivity index (χ1n) is 8.22. The molecule has 0 saturated heterocycles. The van der Waals surface area contributed by atoms with Crippen molar-refractivity contribution in [2.45, 2.75) is 25.3 Å². The zero-order valence-corrected chi connectivity index (χ0v) is 13.9. The van der Waals surface area contributed by atoms with Gasteiger partial charge in [-0.3, -0.25) is 0 Å². The Hall–Kier alpha value is -1.93. The molecule has 1 N–H and O–H groups in total. The first-order chi connectivity index (χ1) is 11.3. The Morgan fingerprint density at radius 1 is 1.17 bits per heavy atom. The van der Waals surface area contributed by atoms with Gasteiger partial charge in [-0.05, 0) is 48.6 Å². The van der Waals surface area contributed by atoms with Crippen LogP contribution in [0.4, 0.5) is 5.69 Å². The van der Waals surface area contributed by atoms with Crippen LogP contribution < -0.4 is 10.1 Å². The second-order valence-electron chi connectivity index (χ2n) is 6.18. The molecule has 0 amide bonds. The summed E-state index contributed by atoms with van der Waals surface area (Å²) < 4.78 is 5.56. The smallest absolute Gasteiger partial charge is 0.119 e. The Balaban J connectivity index is 1.71. The van der Waals surface area contributed by atoms with Crippen molar-refractivity contribution in [3.8, 4) is 5.75 Å². The molecule has 0 radical (unpaired) electrons. The van der Waals surface area contributed by atoms with Crippen molar-refractivity contribution in [1.82, 2.24) is 0 Å². The maximum atomic E-state index is 6.45. The van der Waals surface area contributed by atoms with Crippen LogP contribution in [0.5, 0.6) is 5.75 Å². The molecule has 4 rings (SSSR count). The van der Waals surface area contributed by atoms with E-state index in [9.17, 15) is 0 Å². The first kappa shape index (κ1) is 14.6. The van der Waals surface area contributed by atoms with Crippen LogP contribution in [0.15, 0.2) is 54.6 Å².